The SMILES string of the molecule is O=C1[C@H]2Cc3c([nH]c4ccccc34)CN2C(=O)CN1N=Cc1cccc(Cl)c1. The van der Waals surface area contributed by atoms with Gasteiger partial charge in [0, 0.05) is 28.0 Å². The van der Waals surface area contributed by atoms with Crippen LogP contribution in [0.1, 0.15) is 16.8 Å². The van der Waals surface area contributed by atoms with E-state index >= 15 is 0 Å². The third-order valence-electron chi connectivity index (χ3n) is 5.34. The zero-order chi connectivity index (χ0) is 19.3. The molecule has 7 heteroatoms. The summed E-state index contributed by atoms with van der Waals surface area (Å²) in [4.78, 5) is 30.8. The Kier molecular flexibility index (Phi) is 3.94. The van der Waals surface area contributed by atoms with E-state index in [1.807, 2.05) is 36.4 Å². The number of nitrogens with one attached hydrogen (secondary N) is 1. The number of aromatic nitrogens is 1. The second-order valence-corrected chi connectivity index (χ2v) is 7.50. The van der Waals surface area contributed by atoms with Crippen LogP contribution in [-0.4, -0.2) is 45.5 Å². The number of fused-ring (bicyclic) bond motifs is 4. The predicted molar refractivity (Wildman–Crippen MR) is 107 cm³/mol. The van der Waals surface area contributed by atoms with Gasteiger partial charge in [-0.2, -0.15) is 5.10 Å². The molecule has 140 valence electrons. The Labute approximate surface area is 166 Å². The third-order valence-corrected chi connectivity index (χ3v) is 5.58. The molecule has 0 unspecified atom stereocenters. The van der Waals surface area contributed by atoms with Gasteiger partial charge >= 0.3 is 0 Å². The molecule has 0 spiro atoms. The van der Waals surface area contributed by atoms with E-state index < -0.39 is 6.04 Å². The number of benzene rings is 2. The maximum atomic E-state index is 13.0. The Balaban J connectivity index is 1.45. The first-order valence-electron chi connectivity index (χ1n) is 9.09. The zero-order valence-corrected chi connectivity index (χ0v) is 15.7. The van der Waals surface area contributed by atoms with E-state index in [4.69, 9.17) is 11.6 Å². The second kappa shape index (κ2) is 6.49. The number of H-pyrrole nitrogens is 1. The van der Waals surface area contributed by atoms with E-state index in [0.29, 0.717) is 18.0 Å². The first kappa shape index (κ1) is 17.0. The molecule has 0 aliphatic carbocycles. The largest absolute Gasteiger partial charge is 0.357 e. The van der Waals surface area contributed by atoms with Gasteiger partial charge in [0.05, 0.1) is 12.8 Å². The second-order valence-electron chi connectivity index (χ2n) is 7.06. The minimum absolute atomic E-state index is 0.0536. The number of carbonyl (C=O) groups is 2. The van der Waals surface area contributed by atoms with Gasteiger partial charge in [-0.1, -0.05) is 41.9 Å². The normalized spacial score (nSPS) is 19.4. The summed E-state index contributed by atoms with van der Waals surface area (Å²) in [5, 5.41) is 7.24. The van der Waals surface area contributed by atoms with Gasteiger partial charge in [-0.25, -0.2) is 5.01 Å². The van der Waals surface area contributed by atoms with Crippen molar-refractivity contribution in [1.82, 2.24) is 14.9 Å². The number of hydrogen-bond donors (Lipinski definition) is 1. The zero-order valence-electron chi connectivity index (χ0n) is 14.9. The molecule has 0 saturated carbocycles. The van der Waals surface area contributed by atoms with Crippen molar-refractivity contribution < 1.29 is 9.59 Å². The van der Waals surface area contributed by atoms with E-state index in [1.54, 1.807) is 23.2 Å². The molecule has 2 aromatic carbocycles. The van der Waals surface area contributed by atoms with Gasteiger partial charge in [-0.3, -0.25) is 9.59 Å². The summed E-state index contributed by atoms with van der Waals surface area (Å²) >= 11 is 5.99. The van der Waals surface area contributed by atoms with Crippen molar-refractivity contribution in [2.24, 2.45) is 5.10 Å². The highest BCUT2D eigenvalue weighted by atomic mass is 35.5. The topological polar surface area (TPSA) is 68.8 Å². The summed E-state index contributed by atoms with van der Waals surface area (Å²) in [6.45, 7) is 0.368. The van der Waals surface area contributed by atoms with Gasteiger partial charge in [0.2, 0.25) is 5.91 Å². The van der Waals surface area contributed by atoms with E-state index in [9.17, 15) is 9.59 Å². The molecule has 28 heavy (non-hydrogen) atoms. The highest BCUT2D eigenvalue weighted by molar-refractivity contribution is 6.30. The van der Waals surface area contributed by atoms with Crippen LogP contribution in [0.2, 0.25) is 5.02 Å². The predicted octanol–water partition coefficient (Wildman–Crippen LogP) is 2.95. The van der Waals surface area contributed by atoms with Crippen molar-refractivity contribution in [3.05, 3.63) is 70.4 Å². The van der Waals surface area contributed by atoms with Crippen molar-refractivity contribution in [1.29, 1.82) is 0 Å². The molecule has 3 aromatic rings. The van der Waals surface area contributed by atoms with Gasteiger partial charge in [-0.05, 0) is 29.3 Å². The molecule has 2 amide bonds. The fraction of sp³-hybridized carbons (Fsp3) is 0.190. The molecule has 1 saturated heterocycles. The summed E-state index contributed by atoms with van der Waals surface area (Å²) in [7, 11) is 0. The summed E-state index contributed by atoms with van der Waals surface area (Å²) in [5.74, 6) is -0.258. The molecule has 1 fully saturated rings. The van der Waals surface area contributed by atoms with Crippen molar-refractivity contribution in [3.63, 3.8) is 0 Å². The van der Waals surface area contributed by atoms with Crippen LogP contribution in [0, 0.1) is 0 Å². The van der Waals surface area contributed by atoms with Crippen LogP contribution in [0.4, 0.5) is 0 Å². The standard InChI is InChI=1S/C21H17ClN4O2/c22-14-5-3-4-13(8-14)10-23-26-12-20(27)25-11-18-16(9-19(25)21(26)28)15-6-1-2-7-17(15)24-18/h1-8,10,19,24H,9,11-12H2/t19-/m1/s1. The fourth-order valence-electron chi connectivity index (χ4n) is 3.98. The van der Waals surface area contributed by atoms with Crippen LogP contribution < -0.4 is 0 Å². The lowest BCUT2D eigenvalue weighted by atomic mass is 9.94. The summed E-state index contributed by atoms with van der Waals surface area (Å²) in [5.41, 5.74) is 3.92. The van der Waals surface area contributed by atoms with Crippen LogP contribution in [0.25, 0.3) is 10.9 Å². The van der Waals surface area contributed by atoms with E-state index in [1.165, 1.54) is 5.01 Å². The summed E-state index contributed by atoms with van der Waals surface area (Å²) in [6, 6.07) is 14.7. The minimum Gasteiger partial charge on any atom is -0.357 e. The van der Waals surface area contributed by atoms with Crippen LogP contribution >= 0.6 is 11.6 Å². The molecule has 1 N–H and O–H groups in total. The van der Waals surface area contributed by atoms with Crippen LogP contribution in [0.5, 0.6) is 0 Å². The maximum absolute atomic E-state index is 13.0. The molecule has 3 heterocycles. The van der Waals surface area contributed by atoms with Crippen molar-refractivity contribution >= 4 is 40.5 Å². The lowest BCUT2D eigenvalue weighted by Gasteiger charge is -2.40. The average molecular weight is 393 g/mol. The lowest BCUT2D eigenvalue weighted by Crippen LogP contribution is -2.60. The number of piperazine rings is 1. The Hall–Kier alpha value is -3.12. The molecule has 2 aliphatic heterocycles. The quantitative estimate of drug-likeness (QED) is 0.681. The highest BCUT2D eigenvalue weighted by Gasteiger charge is 2.43. The number of halogens is 1. The molecule has 5 rings (SSSR count). The summed E-state index contributed by atoms with van der Waals surface area (Å²) < 4.78 is 0. The molecule has 1 aromatic heterocycles. The first-order chi connectivity index (χ1) is 13.6. The Morgan fingerprint density at radius 1 is 1.11 bits per heavy atom. The fourth-order valence-corrected chi connectivity index (χ4v) is 4.18. The number of rotatable bonds is 2. The molecule has 6 nitrogen and oxygen atoms in total. The number of para-hydroxylation sites is 1. The maximum Gasteiger partial charge on any atom is 0.266 e. The first-order valence-corrected chi connectivity index (χ1v) is 9.47. The Morgan fingerprint density at radius 3 is 2.82 bits per heavy atom. The third kappa shape index (κ3) is 2.77. The number of hydrazone groups is 1. The van der Waals surface area contributed by atoms with Gasteiger partial charge in [0.15, 0.2) is 0 Å². The molecule has 1 atom stereocenters. The van der Waals surface area contributed by atoms with Gasteiger partial charge in [-0.15, -0.1) is 0 Å². The number of amides is 2. The number of hydrogen-bond acceptors (Lipinski definition) is 3. The highest BCUT2D eigenvalue weighted by Crippen LogP contribution is 2.32. The van der Waals surface area contributed by atoms with Crippen LogP contribution in [0.3, 0.4) is 0 Å². The van der Waals surface area contributed by atoms with Gasteiger partial charge < -0.3 is 9.88 Å². The number of carbonyl (C=O) groups excluding carboxylic acids is 2. The monoisotopic (exact) mass is 392 g/mol. The molecular formula is C21H17ClN4O2. The van der Waals surface area contributed by atoms with Crippen LogP contribution in [0.15, 0.2) is 53.6 Å². The van der Waals surface area contributed by atoms with Crippen molar-refractivity contribution in [2.45, 2.75) is 19.0 Å². The average Bonchev–Trinajstić information content (AvgIpc) is 3.06. The molecule has 0 radical (unpaired) electrons. The van der Waals surface area contributed by atoms with E-state index in [0.717, 1.165) is 27.7 Å². The Morgan fingerprint density at radius 2 is 1.96 bits per heavy atom. The van der Waals surface area contributed by atoms with E-state index in [-0.39, 0.29) is 18.4 Å². The lowest BCUT2D eigenvalue weighted by molar-refractivity contribution is -0.157. The van der Waals surface area contributed by atoms with Gasteiger partial charge in [0.25, 0.3) is 5.91 Å². The Bertz CT molecular complexity index is 1140. The molecule has 2 aliphatic rings. The van der Waals surface area contributed by atoms with Gasteiger partial charge in [0.1, 0.15) is 12.6 Å². The summed E-state index contributed by atoms with van der Waals surface area (Å²) in [6.07, 6.45) is 2.06. The van der Waals surface area contributed by atoms with E-state index in [2.05, 4.69) is 10.1 Å². The van der Waals surface area contributed by atoms with Crippen LogP contribution in [-0.2, 0) is 22.6 Å². The smallest absolute Gasteiger partial charge is 0.266 e. The van der Waals surface area contributed by atoms with Crippen molar-refractivity contribution in [2.75, 3.05) is 6.54 Å². The molecule has 0 bridgehead atoms. The number of aromatic amines is 1. The molecular weight excluding hydrogens is 376 g/mol. The number of nitrogens with zero attached hydrogens (tertiary/aromatic N) is 3. The van der Waals surface area contributed by atoms with Crippen molar-refractivity contribution in [3.8, 4) is 0 Å². The minimum atomic E-state index is -0.524.